The molecule has 0 unspecified atom stereocenters. The number of nitrogens with zero attached hydrogens (tertiary/aromatic N) is 6. The van der Waals surface area contributed by atoms with Gasteiger partial charge in [0.1, 0.15) is 5.82 Å². The zero-order chi connectivity index (χ0) is 20.7. The Balaban J connectivity index is 1.39. The van der Waals surface area contributed by atoms with Crippen molar-refractivity contribution in [3.63, 3.8) is 0 Å². The highest BCUT2D eigenvalue weighted by molar-refractivity contribution is 6.04. The zero-order valence-electron chi connectivity index (χ0n) is 16.4. The molecule has 0 saturated carbocycles. The second-order valence-electron chi connectivity index (χ2n) is 7.41. The summed E-state index contributed by atoms with van der Waals surface area (Å²) >= 11 is 0. The minimum absolute atomic E-state index is 0.161. The Bertz CT molecular complexity index is 1240. The number of amides is 1. The lowest BCUT2D eigenvalue weighted by Gasteiger charge is -2.37. The predicted octanol–water partition coefficient (Wildman–Crippen LogP) is 1.82. The molecule has 1 aliphatic rings. The zero-order valence-corrected chi connectivity index (χ0v) is 16.4. The minimum Gasteiger partial charge on any atom is -0.353 e. The minimum atomic E-state index is -0.264. The highest BCUT2D eigenvalue weighted by Gasteiger charge is 2.24. The van der Waals surface area contributed by atoms with Crippen LogP contribution in [0.5, 0.6) is 0 Å². The summed E-state index contributed by atoms with van der Waals surface area (Å²) in [4.78, 5) is 23.3. The molecule has 1 fully saturated rings. The van der Waals surface area contributed by atoms with Gasteiger partial charge in [-0.3, -0.25) is 4.79 Å². The van der Waals surface area contributed by atoms with Crippen LogP contribution in [0.4, 0.5) is 11.6 Å². The molecule has 0 aliphatic carbocycles. The second kappa shape index (κ2) is 7.20. The topological polar surface area (TPSA) is 115 Å². The van der Waals surface area contributed by atoms with Crippen molar-refractivity contribution < 1.29 is 4.79 Å². The van der Waals surface area contributed by atoms with E-state index in [2.05, 4.69) is 25.5 Å². The Kier molecular flexibility index (Phi) is 4.36. The number of anilines is 2. The van der Waals surface area contributed by atoms with Crippen molar-refractivity contribution in [3.8, 4) is 11.3 Å². The van der Waals surface area contributed by atoms with E-state index in [1.54, 1.807) is 24.7 Å². The first-order valence-electron chi connectivity index (χ1n) is 9.59. The number of nitrogens with one attached hydrogen (secondary N) is 1. The number of aromatic nitrogens is 5. The quantitative estimate of drug-likeness (QED) is 0.537. The summed E-state index contributed by atoms with van der Waals surface area (Å²) in [6, 6.07) is 11.3. The number of carbonyl (C=O) groups excluding carboxylic acids is 1. The molecule has 1 aromatic carbocycles. The molecule has 1 aliphatic heterocycles. The molecule has 3 N–H and O–H groups in total. The summed E-state index contributed by atoms with van der Waals surface area (Å²) in [7, 11) is 1.94. The van der Waals surface area contributed by atoms with Crippen LogP contribution < -0.4 is 16.0 Å². The molecule has 4 aromatic rings. The van der Waals surface area contributed by atoms with Crippen molar-refractivity contribution in [2.75, 3.05) is 23.3 Å². The number of aryl methyl sites for hydroxylation is 1. The lowest BCUT2D eigenvalue weighted by atomic mass is 10.1. The van der Waals surface area contributed by atoms with E-state index in [0.717, 1.165) is 41.1 Å². The van der Waals surface area contributed by atoms with Crippen LogP contribution in [0.3, 0.4) is 0 Å². The summed E-state index contributed by atoms with van der Waals surface area (Å²) in [5.74, 6) is 0.869. The van der Waals surface area contributed by atoms with Gasteiger partial charge in [0, 0.05) is 48.9 Å². The maximum atomic E-state index is 12.7. The van der Waals surface area contributed by atoms with Crippen molar-refractivity contribution in [3.05, 3.63) is 60.7 Å². The second-order valence-corrected chi connectivity index (χ2v) is 7.41. The molecule has 1 saturated heterocycles. The molecule has 3 aromatic heterocycles. The third-order valence-corrected chi connectivity index (χ3v) is 5.18. The van der Waals surface area contributed by atoms with E-state index in [4.69, 9.17) is 5.73 Å². The first kappa shape index (κ1) is 18.2. The van der Waals surface area contributed by atoms with Crippen LogP contribution in [0.25, 0.3) is 22.2 Å². The number of benzene rings is 1. The first-order valence-corrected chi connectivity index (χ1v) is 9.59. The Morgan fingerprint density at radius 1 is 1.17 bits per heavy atom. The molecule has 30 heavy (non-hydrogen) atoms. The van der Waals surface area contributed by atoms with Crippen LogP contribution in [0.15, 0.2) is 55.1 Å². The highest BCUT2D eigenvalue weighted by atomic mass is 16.1. The third kappa shape index (κ3) is 3.35. The van der Waals surface area contributed by atoms with E-state index in [-0.39, 0.29) is 11.9 Å². The average molecular weight is 400 g/mol. The summed E-state index contributed by atoms with van der Waals surface area (Å²) < 4.78 is 1.95. The Hall–Kier alpha value is -3.85. The van der Waals surface area contributed by atoms with Crippen LogP contribution in [-0.2, 0) is 7.05 Å². The fourth-order valence-corrected chi connectivity index (χ4v) is 3.52. The predicted molar refractivity (Wildman–Crippen MR) is 114 cm³/mol. The fourth-order valence-electron chi connectivity index (χ4n) is 3.52. The maximum absolute atomic E-state index is 12.7. The molecule has 1 amide bonds. The molecule has 4 heterocycles. The normalized spacial score (nSPS) is 14.0. The molecule has 0 spiro atoms. The number of fused-ring (bicyclic) bond motifs is 1. The highest BCUT2D eigenvalue weighted by Crippen LogP contribution is 2.24. The van der Waals surface area contributed by atoms with Crippen molar-refractivity contribution >= 4 is 28.4 Å². The standard InChI is InChI=1S/C21H20N8O/c1-28-12-23-9-18(28)13-2-3-17-15(6-13)7-19(27-26-17)25-21(30)14-4-5-24-20(8-14)29-10-16(22)11-29/h2-9,12,16H,10-11,22H2,1H3,(H,25,27,30). The summed E-state index contributed by atoms with van der Waals surface area (Å²) in [5, 5.41) is 12.1. The molecule has 9 nitrogen and oxygen atoms in total. The summed E-state index contributed by atoms with van der Waals surface area (Å²) in [6.07, 6.45) is 5.19. The fraction of sp³-hybridized carbons (Fsp3) is 0.190. The molecule has 150 valence electrons. The molecule has 5 rings (SSSR count). The molecule has 0 atom stereocenters. The van der Waals surface area contributed by atoms with Gasteiger partial charge in [-0.25, -0.2) is 9.97 Å². The summed E-state index contributed by atoms with van der Waals surface area (Å²) in [6.45, 7) is 1.49. The van der Waals surface area contributed by atoms with Crippen LogP contribution in [0.2, 0.25) is 0 Å². The molecule has 0 bridgehead atoms. The van der Waals surface area contributed by atoms with E-state index in [9.17, 15) is 4.79 Å². The molecular formula is C21H20N8O. The molecular weight excluding hydrogens is 380 g/mol. The summed E-state index contributed by atoms with van der Waals surface area (Å²) in [5.41, 5.74) is 9.10. The van der Waals surface area contributed by atoms with Crippen LogP contribution in [0, 0.1) is 0 Å². The number of pyridine rings is 1. The van der Waals surface area contributed by atoms with Crippen LogP contribution >= 0.6 is 0 Å². The number of nitrogens with two attached hydrogens (primary N) is 1. The number of hydrogen-bond donors (Lipinski definition) is 2. The largest absolute Gasteiger partial charge is 0.353 e. The van der Waals surface area contributed by atoms with Gasteiger partial charge in [-0.15, -0.1) is 10.2 Å². The van der Waals surface area contributed by atoms with Gasteiger partial charge < -0.3 is 20.5 Å². The number of rotatable bonds is 4. The van der Waals surface area contributed by atoms with Crippen LogP contribution in [0.1, 0.15) is 10.4 Å². The SMILES string of the molecule is Cn1cncc1-c1ccc2nnc(NC(=O)c3ccnc(N4CC(N)C4)c3)cc2c1. The molecule has 0 radical (unpaired) electrons. The van der Waals surface area contributed by atoms with E-state index in [0.29, 0.717) is 11.4 Å². The smallest absolute Gasteiger partial charge is 0.257 e. The lowest BCUT2D eigenvalue weighted by Crippen LogP contribution is -2.56. The first-order chi connectivity index (χ1) is 14.6. The van der Waals surface area contributed by atoms with Gasteiger partial charge in [0.25, 0.3) is 5.91 Å². The Morgan fingerprint density at radius 3 is 2.80 bits per heavy atom. The van der Waals surface area contributed by atoms with E-state index in [1.807, 2.05) is 47.0 Å². The monoisotopic (exact) mass is 400 g/mol. The van der Waals surface area contributed by atoms with Gasteiger partial charge in [-0.2, -0.15) is 0 Å². The number of carbonyl (C=O) groups is 1. The average Bonchev–Trinajstić information content (AvgIpc) is 3.17. The van der Waals surface area contributed by atoms with Crippen molar-refractivity contribution in [2.24, 2.45) is 12.8 Å². The van der Waals surface area contributed by atoms with Gasteiger partial charge >= 0.3 is 0 Å². The van der Waals surface area contributed by atoms with Crippen molar-refractivity contribution in [1.29, 1.82) is 0 Å². The number of imidazole rings is 1. The van der Waals surface area contributed by atoms with Crippen molar-refractivity contribution in [1.82, 2.24) is 24.7 Å². The third-order valence-electron chi connectivity index (χ3n) is 5.18. The van der Waals surface area contributed by atoms with Gasteiger partial charge in [-0.05, 0) is 30.3 Å². The molecule has 9 heteroatoms. The van der Waals surface area contributed by atoms with E-state index >= 15 is 0 Å². The Morgan fingerprint density at radius 2 is 2.03 bits per heavy atom. The van der Waals surface area contributed by atoms with E-state index < -0.39 is 0 Å². The van der Waals surface area contributed by atoms with Gasteiger partial charge in [0.2, 0.25) is 0 Å². The van der Waals surface area contributed by atoms with Gasteiger partial charge in [0.05, 0.1) is 23.7 Å². The Labute approximate surface area is 172 Å². The maximum Gasteiger partial charge on any atom is 0.257 e. The van der Waals surface area contributed by atoms with Gasteiger partial charge in [-0.1, -0.05) is 6.07 Å². The van der Waals surface area contributed by atoms with Crippen LogP contribution in [-0.4, -0.2) is 49.8 Å². The lowest BCUT2D eigenvalue weighted by molar-refractivity contribution is 0.102. The van der Waals surface area contributed by atoms with Crippen molar-refractivity contribution in [2.45, 2.75) is 6.04 Å². The number of hydrogen-bond acceptors (Lipinski definition) is 7. The van der Waals surface area contributed by atoms with Gasteiger partial charge in [0.15, 0.2) is 5.82 Å². The van der Waals surface area contributed by atoms with E-state index in [1.165, 1.54) is 0 Å².